The molecular weight excluding hydrogens is 467 g/mol. The van der Waals surface area contributed by atoms with Crippen molar-refractivity contribution in [3.63, 3.8) is 0 Å². The van der Waals surface area contributed by atoms with Crippen LogP contribution in [0.2, 0.25) is 5.15 Å². The normalized spacial score (nSPS) is 15.4. The second-order valence-corrected chi connectivity index (χ2v) is 9.51. The highest BCUT2D eigenvalue weighted by Crippen LogP contribution is 2.30. The SMILES string of the molecule is Cc1nn(-c2ccc(F)cc2)c(Cl)c1C=CC(=O)N(Cc1ccc(C(=O)NC2CC2)cc1)C1CC1. The predicted molar refractivity (Wildman–Crippen MR) is 133 cm³/mol. The highest BCUT2D eigenvalue weighted by Gasteiger charge is 2.31. The molecule has 0 aliphatic heterocycles. The van der Waals surface area contributed by atoms with Gasteiger partial charge < -0.3 is 10.2 Å². The van der Waals surface area contributed by atoms with Gasteiger partial charge in [0.2, 0.25) is 5.91 Å². The van der Waals surface area contributed by atoms with E-state index in [2.05, 4.69) is 10.4 Å². The third kappa shape index (κ3) is 5.46. The van der Waals surface area contributed by atoms with Crippen LogP contribution in [0.15, 0.2) is 54.6 Å². The molecule has 0 saturated heterocycles. The van der Waals surface area contributed by atoms with Crippen LogP contribution in [0.4, 0.5) is 4.39 Å². The Morgan fingerprint density at radius 3 is 2.43 bits per heavy atom. The number of aryl methyl sites for hydroxylation is 1. The quantitative estimate of drug-likeness (QED) is 0.446. The average Bonchev–Trinajstić information content (AvgIpc) is 3.78. The van der Waals surface area contributed by atoms with Gasteiger partial charge in [0.15, 0.2) is 0 Å². The van der Waals surface area contributed by atoms with Gasteiger partial charge in [0.05, 0.1) is 11.4 Å². The molecule has 0 unspecified atom stereocenters. The molecule has 1 heterocycles. The van der Waals surface area contributed by atoms with Crippen LogP contribution in [0.3, 0.4) is 0 Å². The molecule has 35 heavy (non-hydrogen) atoms. The highest BCUT2D eigenvalue weighted by molar-refractivity contribution is 6.31. The molecule has 0 spiro atoms. The Labute approximate surface area is 208 Å². The molecule has 0 bridgehead atoms. The van der Waals surface area contributed by atoms with E-state index in [1.807, 2.05) is 36.1 Å². The van der Waals surface area contributed by atoms with Crippen molar-refractivity contribution in [2.24, 2.45) is 0 Å². The smallest absolute Gasteiger partial charge is 0.251 e. The maximum atomic E-state index is 13.3. The van der Waals surface area contributed by atoms with E-state index in [-0.39, 0.29) is 23.7 Å². The molecule has 2 aliphatic rings. The van der Waals surface area contributed by atoms with Gasteiger partial charge in [-0.25, -0.2) is 9.07 Å². The molecule has 180 valence electrons. The lowest BCUT2D eigenvalue weighted by Gasteiger charge is -2.21. The van der Waals surface area contributed by atoms with Crippen molar-refractivity contribution >= 4 is 29.5 Å². The summed E-state index contributed by atoms with van der Waals surface area (Å²) in [6.45, 7) is 2.29. The zero-order chi connectivity index (χ0) is 24.5. The van der Waals surface area contributed by atoms with Crippen molar-refractivity contribution in [3.05, 3.63) is 88.0 Å². The van der Waals surface area contributed by atoms with Gasteiger partial charge in [-0.2, -0.15) is 5.10 Å². The van der Waals surface area contributed by atoms with Crippen molar-refractivity contribution in [1.82, 2.24) is 20.0 Å². The Balaban J connectivity index is 1.28. The van der Waals surface area contributed by atoms with Crippen molar-refractivity contribution in [2.45, 2.75) is 51.2 Å². The minimum atomic E-state index is -0.337. The Morgan fingerprint density at radius 2 is 1.80 bits per heavy atom. The number of nitrogens with one attached hydrogen (secondary N) is 1. The largest absolute Gasteiger partial charge is 0.349 e. The first-order valence-corrected chi connectivity index (χ1v) is 12.2. The summed E-state index contributed by atoms with van der Waals surface area (Å²) >= 11 is 6.55. The first-order valence-electron chi connectivity index (χ1n) is 11.8. The van der Waals surface area contributed by atoms with Crippen LogP contribution in [-0.2, 0) is 11.3 Å². The number of halogens is 2. The number of carbonyl (C=O) groups is 2. The van der Waals surface area contributed by atoms with Crippen molar-refractivity contribution < 1.29 is 14.0 Å². The van der Waals surface area contributed by atoms with Gasteiger partial charge >= 0.3 is 0 Å². The topological polar surface area (TPSA) is 67.2 Å². The minimum absolute atomic E-state index is 0.0504. The van der Waals surface area contributed by atoms with E-state index in [9.17, 15) is 14.0 Å². The lowest BCUT2D eigenvalue weighted by Crippen LogP contribution is -2.31. The number of hydrogen-bond donors (Lipinski definition) is 1. The summed E-state index contributed by atoms with van der Waals surface area (Å²) < 4.78 is 14.8. The van der Waals surface area contributed by atoms with Crippen molar-refractivity contribution in [2.75, 3.05) is 0 Å². The Bertz CT molecular complexity index is 1280. The van der Waals surface area contributed by atoms with Crippen LogP contribution >= 0.6 is 11.6 Å². The number of benzene rings is 2. The average molecular weight is 493 g/mol. The summed E-state index contributed by atoms with van der Waals surface area (Å²) in [6, 6.07) is 13.9. The summed E-state index contributed by atoms with van der Waals surface area (Å²) in [5.74, 6) is -0.491. The van der Waals surface area contributed by atoms with E-state index in [0.29, 0.717) is 40.2 Å². The lowest BCUT2D eigenvalue weighted by atomic mass is 10.1. The van der Waals surface area contributed by atoms with Crippen LogP contribution in [0.5, 0.6) is 0 Å². The summed E-state index contributed by atoms with van der Waals surface area (Å²) in [5, 5.41) is 7.79. The Kier molecular flexibility index (Phi) is 6.43. The number of hydrogen-bond acceptors (Lipinski definition) is 3. The van der Waals surface area contributed by atoms with Crippen molar-refractivity contribution in [3.8, 4) is 5.69 Å². The van der Waals surface area contributed by atoms with Crippen LogP contribution in [0.25, 0.3) is 11.8 Å². The fourth-order valence-electron chi connectivity index (χ4n) is 3.93. The standard InChI is InChI=1S/C27H26ClFN4O2/c1-17-24(26(28)33(31-17)23-10-6-20(29)7-11-23)14-15-25(34)32(22-12-13-22)16-18-2-4-19(5-3-18)27(35)30-21-8-9-21/h2-7,10-11,14-15,21-22H,8-9,12-13,16H2,1H3,(H,30,35). The van der Waals surface area contributed by atoms with Gasteiger partial charge in [-0.05, 0) is 80.6 Å². The summed E-state index contributed by atoms with van der Waals surface area (Å²) in [4.78, 5) is 27.2. The molecular formula is C27H26ClFN4O2. The van der Waals surface area contributed by atoms with E-state index < -0.39 is 0 Å². The Morgan fingerprint density at radius 1 is 1.11 bits per heavy atom. The molecule has 2 aliphatic carbocycles. The van der Waals surface area contributed by atoms with Crippen LogP contribution < -0.4 is 5.32 Å². The van der Waals surface area contributed by atoms with Gasteiger partial charge in [-0.3, -0.25) is 9.59 Å². The molecule has 0 radical (unpaired) electrons. The molecule has 0 atom stereocenters. The van der Waals surface area contributed by atoms with Crippen LogP contribution in [-0.4, -0.2) is 38.6 Å². The monoisotopic (exact) mass is 492 g/mol. The van der Waals surface area contributed by atoms with Gasteiger partial charge in [0, 0.05) is 35.8 Å². The zero-order valence-electron chi connectivity index (χ0n) is 19.4. The number of carbonyl (C=O) groups excluding carboxylic acids is 2. The molecule has 8 heteroatoms. The first-order chi connectivity index (χ1) is 16.9. The molecule has 2 fully saturated rings. The van der Waals surface area contributed by atoms with E-state index in [1.54, 1.807) is 18.2 Å². The maximum Gasteiger partial charge on any atom is 0.251 e. The lowest BCUT2D eigenvalue weighted by molar-refractivity contribution is -0.127. The first kappa shape index (κ1) is 23.3. The van der Waals surface area contributed by atoms with Crippen LogP contribution in [0, 0.1) is 12.7 Å². The minimum Gasteiger partial charge on any atom is -0.349 e. The number of aromatic nitrogens is 2. The molecule has 6 nitrogen and oxygen atoms in total. The summed E-state index contributed by atoms with van der Waals surface area (Å²) in [7, 11) is 0. The van der Waals surface area contributed by atoms with Gasteiger partial charge in [0.25, 0.3) is 5.91 Å². The van der Waals surface area contributed by atoms with Crippen molar-refractivity contribution in [1.29, 1.82) is 0 Å². The second kappa shape index (κ2) is 9.66. The Hall–Kier alpha value is -3.45. The second-order valence-electron chi connectivity index (χ2n) is 9.15. The third-order valence-electron chi connectivity index (χ3n) is 6.26. The maximum absolute atomic E-state index is 13.3. The van der Waals surface area contributed by atoms with Gasteiger partial charge in [0.1, 0.15) is 11.0 Å². The van der Waals surface area contributed by atoms with E-state index in [0.717, 1.165) is 31.2 Å². The van der Waals surface area contributed by atoms with Gasteiger partial charge in [-0.15, -0.1) is 0 Å². The highest BCUT2D eigenvalue weighted by atomic mass is 35.5. The fraction of sp³-hybridized carbons (Fsp3) is 0.296. The number of rotatable bonds is 8. The molecule has 2 amide bonds. The van der Waals surface area contributed by atoms with Crippen LogP contribution in [0.1, 0.15) is 52.9 Å². The van der Waals surface area contributed by atoms with Gasteiger partial charge in [-0.1, -0.05) is 23.7 Å². The predicted octanol–water partition coefficient (Wildman–Crippen LogP) is 5.07. The van der Waals surface area contributed by atoms with E-state index >= 15 is 0 Å². The molecule has 2 aromatic carbocycles. The molecule has 2 saturated carbocycles. The summed E-state index contributed by atoms with van der Waals surface area (Å²) in [5.41, 5.74) is 3.56. The van der Waals surface area contributed by atoms with E-state index in [1.165, 1.54) is 22.9 Å². The fourth-order valence-corrected chi connectivity index (χ4v) is 4.27. The molecule has 1 aromatic heterocycles. The van der Waals surface area contributed by atoms with E-state index in [4.69, 9.17) is 11.6 Å². The number of nitrogens with zero attached hydrogens (tertiary/aromatic N) is 3. The third-order valence-corrected chi connectivity index (χ3v) is 6.63. The summed E-state index contributed by atoms with van der Waals surface area (Å²) in [6.07, 6.45) is 7.27. The zero-order valence-corrected chi connectivity index (χ0v) is 20.1. The molecule has 5 rings (SSSR count). The molecule has 3 aromatic rings. The number of amides is 2. The molecule has 1 N–H and O–H groups in total.